The first-order chi connectivity index (χ1) is 9.67. The summed E-state index contributed by atoms with van der Waals surface area (Å²) in [7, 11) is 0. The van der Waals surface area contributed by atoms with Crippen LogP contribution in [0.15, 0.2) is 24.3 Å². The molecule has 2 atom stereocenters. The second-order valence-corrected chi connectivity index (χ2v) is 5.80. The molecule has 0 heterocycles. The van der Waals surface area contributed by atoms with Crippen LogP contribution in [0.5, 0.6) is 0 Å². The number of hydrogen-bond acceptors (Lipinski definition) is 2. The second kappa shape index (κ2) is 6.89. The molecule has 1 saturated carbocycles. The molecule has 1 aromatic carbocycles. The van der Waals surface area contributed by atoms with Gasteiger partial charge in [-0.25, -0.2) is 0 Å². The predicted molar refractivity (Wildman–Crippen MR) is 83.7 cm³/mol. The van der Waals surface area contributed by atoms with Crippen molar-refractivity contribution in [3.63, 3.8) is 0 Å². The molecule has 0 aromatic heterocycles. The summed E-state index contributed by atoms with van der Waals surface area (Å²) >= 11 is 0. The van der Waals surface area contributed by atoms with Gasteiger partial charge in [0.15, 0.2) is 0 Å². The third kappa shape index (κ3) is 3.21. The molecule has 0 saturated heterocycles. The maximum atomic E-state index is 12.9. The zero-order valence-corrected chi connectivity index (χ0v) is 12.6. The van der Waals surface area contributed by atoms with Gasteiger partial charge < -0.3 is 10.6 Å². The first-order valence-electron chi connectivity index (χ1n) is 7.75. The number of rotatable bonds is 4. The van der Waals surface area contributed by atoms with Gasteiger partial charge in [-0.05, 0) is 51.3 Å². The summed E-state index contributed by atoms with van der Waals surface area (Å²) in [6.45, 7) is 5.45. The Balaban J connectivity index is 2.17. The van der Waals surface area contributed by atoms with Crippen LogP contribution < -0.4 is 10.6 Å². The first-order valence-corrected chi connectivity index (χ1v) is 7.75. The van der Waals surface area contributed by atoms with Crippen LogP contribution in [0.25, 0.3) is 0 Å². The van der Waals surface area contributed by atoms with Crippen molar-refractivity contribution in [1.82, 2.24) is 0 Å². The van der Waals surface area contributed by atoms with Crippen LogP contribution in [0.3, 0.4) is 0 Å². The minimum atomic E-state index is 0.106. The second-order valence-electron chi connectivity index (χ2n) is 5.80. The van der Waals surface area contributed by atoms with E-state index in [0.29, 0.717) is 12.5 Å². The minimum Gasteiger partial charge on any atom is -0.330 e. The number of amides is 1. The van der Waals surface area contributed by atoms with Crippen LogP contribution in [-0.2, 0) is 4.79 Å². The van der Waals surface area contributed by atoms with Crippen LogP contribution >= 0.6 is 0 Å². The van der Waals surface area contributed by atoms with E-state index >= 15 is 0 Å². The fourth-order valence-electron chi connectivity index (χ4n) is 3.21. The van der Waals surface area contributed by atoms with Crippen molar-refractivity contribution in [1.29, 1.82) is 0 Å². The number of carbonyl (C=O) groups excluding carboxylic acids is 1. The molecule has 1 aliphatic carbocycles. The molecule has 1 aromatic rings. The highest BCUT2D eigenvalue weighted by Crippen LogP contribution is 2.32. The van der Waals surface area contributed by atoms with E-state index in [-0.39, 0.29) is 11.8 Å². The van der Waals surface area contributed by atoms with Gasteiger partial charge in [0.25, 0.3) is 0 Å². The van der Waals surface area contributed by atoms with Crippen molar-refractivity contribution < 1.29 is 4.79 Å². The molecule has 1 amide bonds. The van der Waals surface area contributed by atoms with Gasteiger partial charge in [-0.1, -0.05) is 30.5 Å². The topological polar surface area (TPSA) is 46.3 Å². The summed E-state index contributed by atoms with van der Waals surface area (Å²) in [6, 6.07) is 8.20. The average Bonchev–Trinajstić information content (AvgIpc) is 2.49. The lowest BCUT2D eigenvalue weighted by Gasteiger charge is -2.34. The van der Waals surface area contributed by atoms with Crippen molar-refractivity contribution in [3.8, 4) is 0 Å². The Kier molecular flexibility index (Phi) is 5.18. The number of carbonyl (C=O) groups is 1. The van der Waals surface area contributed by atoms with E-state index in [2.05, 4.69) is 19.1 Å². The van der Waals surface area contributed by atoms with Crippen molar-refractivity contribution in [2.75, 3.05) is 18.0 Å². The average molecular weight is 274 g/mol. The molecule has 2 N–H and O–H groups in total. The van der Waals surface area contributed by atoms with Crippen LogP contribution in [0.4, 0.5) is 5.69 Å². The maximum Gasteiger partial charge on any atom is 0.230 e. The Labute approximate surface area is 122 Å². The number of anilines is 1. The molecule has 20 heavy (non-hydrogen) atoms. The minimum absolute atomic E-state index is 0.106. The van der Waals surface area contributed by atoms with E-state index in [1.54, 1.807) is 0 Å². The molecule has 1 aliphatic rings. The molecule has 0 radical (unpaired) electrons. The lowest BCUT2D eigenvalue weighted by molar-refractivity contribution is -0.124. The molecule has 0 aliphatic heterocycles. The van der Waals surface area contributed by atoms with Gasteiger partial charge in [0, 0.05) is 18.2 Å². The van der Waals surface area contributed by atoms with E-state index in [1.807, 2.05) is 24.0 Å². The monoisotopic (exact) mass is 274 g/mol. The number of hydrogen-bond donors (Lipinski definition) is 1. The van der Waals surface area contributed by atoms with Gasteiger partial charge in [0.2, 0.25) is 5.91 Å². The first kappa shape index (κ1) is 15.0. The number of benzene rings is 1. The van der Waals surface area contributed by atoms with E-state index in [4.69, 9.17) is 5.73 Å². The molecule has 2 unspecified atom stereocenters. The van der Waals surface area contributed by atoms with E-state index in [0.717, 1.165) is 31.5 Å². The Morgan fingerprint density at radius 3 is 2.50 bits per heavy atom. The SMILES string of the molecule is CCN(C(=O)C1CCCCC1CN)c1ccc(C)cc1. The standard InChI is InChI=1S/C17H26N2O/c1-3-19(15-10-8-13(2)9-11-15)17(20)16-7-5-4-6-14(16)12-18/h8-11,14,16H,3-7,12,18H2,1-2H3. The smallest absolute Gasteiger partial charge is 0.230 e. The lowest BCUT2D eigenvalue weighted by Crippen LogP contribution is -2.42. The Morgan fingerprint density at radius 2 is 1.90 bits per heavy atom. The van der Waals surface area contributed by atoms with Crippen molar-refractivity contribution in [2.45, 2.75) is 39.5 Å². The summed E-state index contributed by atoms with van der Waals surface area (Å²) in [4.78, 5) is 14.8. The summed E-state index contributed by atoms with van der Waals surface area (Å²) in [6.07, 6.45) is 4.45. The fourth-order valence-corrected chi connectivity index (χ4v) is 3.21. The normalized spacial score (nSPS) is 22.6. The molecular formula is C17H26N2O. The highest BCUT2D eigenvalue weighted by atomic mass is 16.2. The van der Waals surface area contributed by atoms with Gasteiger partial charge in [-0.3, -0.25) is 4.79 Å². The molecule has 3 heteroatoms. The van der Waals surface area contributed by atoms with Gasteiger partial charge in [0.05, 0.1) is 0 Å². The van der Waals surface area contributed by atoms with E-state index < -0.39 is 0 Å². The van der Waals surface area contributed by atoms with E-state index in [1.165, 1.54) is 12.0 Å². The Morgan fingerprint density at radius 1 is 1.25 bits per heavy atom. The largest absolute Gasteiger partial charge is 0.330 e. The number of nitrogens with zero attached hydrogens (tertiary/aromatic N) is 1. The molecule has 110 valence electrons. The summed E-state index contributed by atoms with van der Waals surface area (Å²) in [5.74, 6) is 0.720. The quantitative estimate of drug-likeness (QED) is 0.917. The van der Waals surface area contributed by atoms with Crippen molar-refractivity contribution >= 4 is 11.6 Å². The third-order valence-corrected chi connectivity index (χ3v) is 4.46. The Bertz CT molecular complexity index is 441. The summed E-state index contributed by atoms with van der Waals surface area (Å²) in [5, 5.41) is 0. The highest BCUT2D eigenvalue weighted by Gasteiger charge is 2.32. The highest BCUT2D eigenvalue weighted by molar-refractivity contribution is 5.95. The van der Waals surface area contributed by atoms with Gasteiger partial charge in [0.1, 0.15) is 0 Å². The summed E-state index contributed by atoms with van der Waals surface area (Å²) < 4.78 is 0. The fraction of sp³-hybridized carbons (Fsp3) is 0.588. The van der Waals surface area contributed by atoms with Gasteiger partial charge in [-0.2, -0.15) is 0 Å². The van der Waals surface area contributed by atoms with Crippen LogP contribution in [0.1, 0.15) is 38.2 Å². The molecule has 0 spiro atoms. The molecule has 2 rings (SSSR count). The molecule has 1 fully saturated rings. The zero-order chi connectivity index (χ0) is 14.5. The lowest BCUT2D eigenvalue weighted by atomic mass is 9.78. The van der Waals surface area contributed by atoms with Gasteiger partial charge in [-0.15, -0.1) is 0 Å². The molecule has 3 nitrogen and oxygen atoms in total. The zero-order valence-electron chi connectivity index (χ0n) is 12.6. The summed E-state index contributed by atoms with van der Waals surface area (Å²) in [5.41, 5.74) is 8.08. The third-order valence-electron chi connectivity index (χ3n) is 4.46. The van der Waals surface area contributed by atoms with Crippen LogP contribution in [0, 0.1) is 18.8 Å². The van der Waals surface area contributed by atoms with E-state index in [9.17, 15) is 4.79 Å². The van der Waals surface area contributed by atoms with Gasteiger partial charge >= 0.3 is 0 Å². The predicted octanol–water partition coefficient (Wildman–Crippen LogP) is 3.11. The van der Waals surface area contributed by atoms with Crippen LogP contribution in [-0.4, -0.2) is 19.0 Å². The Hall–Kier alpha value is -1.35. The maximum absolute atomic E-state index is 12.9. The number of nitrogens with two attached hydrogens (primary N) is 1. The number of aryl methyl sites for hydroxylation is 1. The molecular weight excluding hydrogens is 248 g/mol. The van der Waals surface area contributed by atoms with Crippen molar-refractivity contribution in [3.05, 3.63) is 29.8 Å². The van der Waals surface area contributed by atoms with Crippen molar-refractivity contribution in [2.24, 2.45) is 17.6 Å². The van der Waals surface area contributed by atoms with Crippen LogP contribution in [0.2, 0.25) is 0 Å². The molecule has 0 bridgehead atoms.